The van der Waals surface area contributed by atoms with Gasteiger partial charge in [0, 0.05) is 18.7 Å². The monoisotopic (exact) mass is 417 g/mol. The summed E-state index contributed by atoms with van der Waals surface area (Å²) in [6, 6.07) is 10.0. The molecule has 23 heavy (non-hydrogen) atoms. The molecular weight excluding hydrogens is 401 g/mol. The highest BCUT2D eigenvalue weighted by molar-refractivity contribution is 14.1. The minimum absolute atomic E-state index is 0.679. The molecule has 0 spiro atoms. The van der Waals surface area contributed by atoms with Gasteiger partial charge in [-0.25, -0.2) is 19.9 Å². The van der Waals surface area contributed by atoms with Crippen LogP contribution < -0.4 is 4.90 Å². The Kier molecular flexibility index (Phi) is 3.84. The van der Waals surface area contributed by atoms with Gasteiger partial charge in [0.15, 0.2) is 17.3 Å². The van der Waals surface area contributed by atoms with E-state index >= 15 is 0 Å². The number of fused-ring (bicyclic) bond motifs is 1. The predicted octanol–water partition coefficient (Wildman–Crippen LogP) is 3.60. The Balaban J connectivity index is 1.88. The van der Waals surface area contributed by atoms with E-state index in [1.54, 1.807) is 0 Å². The molecule has 0 saturated carbocycles. The van der Waals surface area contributed by atoms with Crippen molar-refractivity contribution in [2.75, 3.05) is 18.0 Å². The van der Waals surface area contributed by atoms with Gasteiger partial charge in [-0.1, -0.05) is 30.3 Å². The molecule has 0 N–H and O–H groups in total. The van der Waals surface area contributed by atoms with Gasteiger partial charge in [0.05, 0.1) is 5.69 Å². The van der Waals surface area contributed by atoms with Crippen molar-refractivity contribution in [1.82, 2.24) is 19.9 Å². The summed E-state index contributed by atoms with van der Waals surface area (Å²) in [5.41, 5.74) is 3.34. The second-order valence-electron chi connectivity index (χ2n) is 5.70. The Morgan fingerprint density at radius 3 is 2.43 bits per heavy atom. The molecule has 0 aliphatic carbocycles. The first-order valence-corrected chi connectivity index (χ1v) is 8.82. The van der Waals surface area contributed by atoms with Crippen molar-refractivity contribution in [2.24, 2.45) is 0 Å². The van der Waals surface area contributed by atoms with Crippen LogP contribution in [-0.4, -0.2) is 33.0 Å². The van der Waals surface area contributed by atoms with Crippen LogP contribution in [0.2, 0.25) is 0 Å². The Bertz CT molecular complexity index is 860. The standard InChI is InChI=1S/C17H16IN5/c1-11-13-16(21-15(19-11)12-7-3-2-4-8-12)22-17(14(18)20-13)23-9-5-6-10-23/h2-4,7-8H,5-6,9-10H2,1H3. The molecule has 1 aromatic carbocycles. The number of halogens is 1. The average Bonchev–Trinajstić information content (AvgIpc) is 3.10. The van der Waals surface area contributed by atoms with Crippen LogP contribution in [0.5, 0.6) is 0 Å². The van der Waals surface area contributed by atoms with Crippen LogP contribution >= 0.6 is 22.6 Å². The Hall–Kier alpha value is -1.83. The summed E-state index contributed by atoms with van der Waals surface area (Å²) in [6.45, 7) is 4.06. The smallest absolute Gasteiger partial charge is 0.184 e. The molecule has 1 fully saturated rings. The number of aromatic nitrogens is 4. The summed E-state index contributed by atoms with van der Waals surface area (Å²) in [7, 11) is 0. The van der Waals surface area contributed by atoms with Gasteiger partial charge in [0.25, 0.3) is 0 Å². The zero-order valence-corrected chi connectivity index (χ0v) is 15.0. The molecule has 1 saturated heterocycles. The zero-order valence-electron chi connectivity index (χ0n) is 12.8. The molecule has 5 nitrogen and oxygen atoms in total. The minimum atomic E-state index is 0.679. The third-order valence-electron chi connectivity index (χ3n) is 4.08. The number of aryl methyl sites for hydroxylation is 1. The normalized spacial score (nSPS) is 14.6. The second kappa shape index (κ2) is 5.99. The van der Waals surface area contributed by atoms with Crippen LogP contribution in [0.25, 0.3) is 22.6 Å². The third kappa shape index (κ3) is 2.75. The van der Waals surface area contributed by atoms with Gasteiger partial charge in [0.2, 0.25) is 0 Å². The van der Waals surface area contributed by atoms with Gasteiger partial charge in [0.1, 0.15) is 9.22 Å². The fourth-order valence-corrected chi connectivity index (χ4v) is 3.60. The van der Waals surface area contributed by atoms with Gasteiger partial charge < -0.3 is 4.90 Å². The van der Waals surface area contributed by atoms with Gasteiger partial charge in [-0.05, 0) is 42.4 Å². The third-order valence-corrected chi connectivity index (χ3v) is 4.81. The zero-order chi connectivity index (χ0) is 15.8. The average molecular weight is 417 g/mol. The highest BCUT2D eigenvalue weighted by Gasteiger charge is 2.19. The molecule has 3 aromatic rings. The highest BCUT2D eigenvalue weighted by atomic mass is 127. The SMILES string of the molecule is Cc1nc(-c2ccccc2)nc2nc(N3CCCC3)c(I)nc12. The van der Waals surface area contributed by atoms with E-state index in [9.17, 15) is 0 Å². The fraction of sp³-hybridized carbons (Fsp3) is 0.294. The lowest BCUT2D eigenvalue weighted by Gasteiger charge is -2.18. The first kappa shape index (κ1) is 14.7. The maximum absolute atomic E-state index is 4.81. The minimum Gasteiger partial charge on any atom is -0.354 e. The van der Waals surface area contributed by atoms with E-state index in [1.807, 2.05) is 37.3 Å². The van der Waals surface area contributed by atoms with Gasteiger partial charge in [-0.2, -0.15) is 0 Å². The number of rotatable bonds is 2. The van der Waals surface area contributed by atoms with Crippen molar-refractivity contribution in [3.63, 3.8) is 0 Å². The van der Waals surface area contributed by atoms with Gasteiger partial charge in [-0.3, -0.25) is 0 Å². The number of hydrogen-bond donors (Lipinski definition) is 0. The van der Waals surface area contributed by atoms with Crippen molar-refractivity contribution in [2.45, 2.75) is 19.8 Å². The van der Waals surface area contributed by atoms with Crippen molar-refractivity contribution in [3.8, 4) is 11.4 Å². The summed E-state index contributed by atoms with van der Waals surface area (Å²) in [5.74, 6) is 1.66. The largest absolute Gasteiger partial charge is 0.354 e. The molecule has 6 heteroatoms. The Morgan fingerprint density at radius 1 is 0.957 bits per heavy atom. The molecule has 0 atom stereocenters. The highest BCUT2D eigenvalue weighted by Crippen LogP contribution is 2.26. The summed E-state index contributed by atoms with van der Waals surface area (Å²) in [6.07, 6.45) is 2.43. The summed E-state index contributed by atoms with van der Waals surface area (Å²) in [4.78, 5) is 21.1. The van der Waals surface area contributed by atoms with E-state index in [0.29, 0.717) is 11.5 Å². The topological polar surface area (TPSA) is 54.8 Å². The lowest BCUT2D eigenvalue weighted by atomic mass is 10.2. The van der Waals surface area contributed by atoms with Crippen LogP contribution in [-0.2, 0) is 0 Å². The first-order chi connectivity index (χ1) is 11.2. The Labute approximate surface area is 148 Å². The van der Waals surface area contributed by atoms with E-state index in [0.717, 1.165) is 39.4 Å². The molecule has 4 rings (SSSR count). The first-order valence-electron chi connectivity index (χ1n) is 7.74. The van der Waals surface area contributed by atoms with E-state index in [1.165, 1.54) is 12.8 Å². The van der Waals surface area contributed by atoms with Crippen molar-refractivity contribution in [1.29, 1.82) is 0 Å². The van der Waals surface area contributed by atoms with Gasteiger partial charge in [-0.15, -0.1) is 0 Å². The maximum Gasteiger partial charge on any atom is 0.184 e. The lowest BCUT2D eigenvalue weighted by Crippen LogP contribution is -2.21. The second-order valence-corrected chi connectivity index (χ2v) is 6.72. The molecule has 1 aliphatic heterocycles. The molecule has 1 aliphatic rings. The Morgan fingerprint density at radius 2 is 1.70 bits per heavy atom. The summed E-state index contributed by atoms with van der Waals surface area (Å²) in [5, 5.41) is 0. The lowest BCUT2D eigenvalue weighted by molar-refractivity contribution is 0.922. The van der Waals surface area contributed by atoms with Crippen LogP contribution in [0.15, 0.2) is 30.3 Å². The summed E-state index contributed by atoms with van der Waals surface area (Å²) < 4.78 is 0.927. The molecule has 0 radical (unpaired) electrons. The van der Waals surface area contributed by atoms with Crippen molar-refractivity contribution < 1.29 is 0 Å². The molecule has 0 amide bonds. The quantitative estimate of drug-likeness (QED) is 0.597. The van der Waals surface area contributed by atoms with E-state index < -0.39 is 0 Å². The molecule has 0 bridgehead atoms. The molecular formula is C17H16IN5. The number of anilines is 1. The summed E-state index contributed by atoms with van der Waals surface area (Å²) >= 11 is 2.26. The van der Waals surface area contributed by atoms with E-state index in [4.69, 9.17) is 9.97 Å². The number of nitrogens with zero attached hydrogens (tertiary/aromatic N) is 5. The predicted molar refractivity (Wildman–Crippen MR) is 99.5 cm³/mol. The number of hydrogen-bond acceptors (Lipinski definition) is 5. The van der Waals surface area contributed by atoms with Crippen molar-refractivity contribution >= 4 is 39.6 Å². The fourth-order valence-electron chi connectivity index (χ4n) is 2.90. The van der Waals surface area contributed by atoms with E-state index in [2.05, 4.69) is 37.5 Å². The van der Waals surface area contributed by atoms with Crippen LogP contribution in [0.1, 0.15) is 18.5 Å². The molecule has 0 unspecified atom stereocenters. The van der Waals surface area contributed by atoms with Crippen LogP contribution in [0.4, 0.5) is 5.82 Å². The molecule has 3 heterocycles. The molecule has 116 valence electrons. The number of benzene rings is 1. The van der Waals surface area contributed by atoms with Crippen LogP contribution in [0, 0.1) is 10.6 Å². The van der Waals surface area contributed by atoms with Crippen LogP contribution in [0.3, 0.4) is 0 Å². The van der Waals surface area contributed by atoms with Gasteiger partial charge >= 0.3 is 0 Å². The maximum atomic E-state index is 4.81. The molecule has 2 aromatic heterocycles. The van der Waals surface area contributed by atoms with E-state index in [-0.39, 0.29) is 0 Å². The van der Waals surface area contributed by atoms with Crippen molar-refractivity contribution in [3.05, 3.63) is 39.7 Å².